The first-order valence-corrected chi connectivity index (χ1v) is 5.89. The van der Waals surface area contributed by atoms with Crippen molar-refractivity contribution in [3.05, 3.63) is 40.6 Å². The minimum absolute atomic E-state index is 0.112. The molecule has 0 fully saturated rings. The number of nitrogens with zero attached hydrogens (tertiary/aromatic N) is 2. The number of non-ortho nitro benzene ring substituents is 1. The van der Waals surface area contributed by atoms with E-state index in [9.17, 15) is 14.9 Å². The van der Waals surface area contributed by atoms with Gasteiger partial charge in [0.2, 0.25) is 0 Å². The van der Waals surface area contributed by atoms with E-state index in [1.807, 2.05) is 0 Å². The topological polar surface area (TPSA) is 103 Å². The molecule has 0 bridgehead atoms. The fourth-order valence-corrected chi connectivity index (χ4v) is 1.89. The van der Waals surface area contributed by atoms with Gasteiger partial charge in [-0.15, -0.1) is 0 Å². The Labute approximate surface area is 114 Å². The van der Waals surface area contributed by atoms with Crippen LogP contribution in [0.5, 0.6) is 5.75 Å². The van der Waals surface area contributed by atoms with Crippen LogP contribution in [-0.2, 0) is 4.79 Å². The van der Waals surface area contributed by atoms with Gasteiger partial charge in [0.15, 0.2) is 5.52 Å². The standard InChI is InChI=1S/C13H12N2O5/c1-8(7-12(16)17)20-11-5-4-10(15(18)19)13-9(11)3-2-6-14-13/h2-6,8H,7H2,1H3,(H,16,17)/t8-/m1/s1. The summed E-state index contributed by atoms with van der Waals surface area (Å²) in [7, 11) is 0. The third kappa shape index (κ3) is 2.82. The largest absolute Gasteiger partial charge is 0.489 e. The van der Waals surface area contributed by atoms with Crippen LogP contribution in [0.25, 0.3) is 10.9 Å². The monoisotopic (exact) mass is 276 g/mol. The molecule has 1 heterocycles. The van der Waals surface area contributed by atoms with Crippen molar-refractivity contribution < 1.29 is 19.6 Å². The van der Waals surface area contributed by atoms with Crippen LogP contribution in [0.1, 0.15) is 13.3 Å². The Kier molecular flexibility index (Phi) is 3.79. The summed E-state index contributed by atoms with van der Waals surface area (Å²) in [6, 6.07) is 6.05. The van der Waals surface area contributed by atoms with Gasteiger partial charge in [0.05, 0.1) is 11.3 Å². The molecule has 0 saturated carbocycles. The first-order chi connectivity index (χ1) is 9.49. The second-order valence-electron chi connectivity index (χ2n) is 4.27. The van der Waals surface area contributed by atoms with Crippen molar-refractivity contribution in [3.8, 4) is 5.75 Å². The number of aromatic nitrogens is 1. The Hall–Kier alpha value is -2.70. The van der Waals surface area contributed by atoms with E-state index in [2.05, 4.69) is 4.98 Å². The van der Waals surface area contributed by atoms with E-state index in [1.54, 1.807) is 19.1 Å². The van der Waals surface area contributed by atoms with Crippen LogP contribution >= 0.6 is 0 Å². The maximum atomic E-state index is 10.9. The predicted molar refractivity (Wildman–Crippen MR) is 70.7 cm³/mol. The highest BCUT2D eigenvalue weighted by Gasteiger charge is 2.18. The van der Waals surface area contributed by atoms with Crippen molar-refractivity contribution in [2.75, 3.05) is 0 Å². The number of carboxylic acids is 1. The molecule has 7 nitrogen and oxygen atoms in total. The minimum Gasteiger partial charge on any atom is -0.489 e. The summed E-state index contributed by atoms with van der Waals surface area (Å²) in [4.78, 5) is 25.0. The second-order valence-corrected chi connectivity index (χ2v) is 4.27. The molecule has 7 heteroatoms. The van der Waals surface area contributed by atoms with Crippen molar-refractivity contribution in [1.29, 1.82) is 0 Å². The van der Waals surface area contributed by atoms with Crippen molar-refractivity contribution in [1.82, 2.24) is 4.98 Å². The number of carbonyl (C=O) groups is 1. The van der Waals surface area contributed by atoms with Gasteiger partial charge in [-0.1, -0.05) is 0 Å². The molecule has 1 atom stereocenters. The lowest BCUT2D eigenvalue weighted by molar-refractivity contribution is -0.383. The fraction of sp³-hybridized carbons (Fsp3) is 0.231. The number of aliphatic carboxylic acids is 1. The highest BCUT2D eigenvalue weighted by Crippen LogP contribution is 2.31. The first-order valence-electron chi connectivity index (χ1n) is 5.89. The average molecular weight is 276 g/mol. The van der Waals surface area contributed by atoms with Gasteiger partial charge in [-0.25, -0.2) is 4.98 Å². The number of hydrogen-bond acceptors (Lipinski definition) is 5. The molecule has 0 aliphatic heterocycles. The van der Waals surface area contributed by atoms with Crippen LogP contribution in [0, 0.1) is 10.1 Å². The van der Waals surface area contributed by atoms with E-state index in [0.29, 0.717) is 11.1 Å². The normalized spacial score (nSPS) is 12.1. The number of hydrogen-bond donors (Lipinski definition) is 1. The van der Waals surface area contributed by atoms with Gasteiger partial charge < -0.3 is 9.84 Å². The van der Waals surface area contributed by atoms with Crippen molar-refractivity contribution in [2.24, 2.45) is 0 Å². The number of benzene rings is 1. The second kappa shape index (κ2) is 5.52. The van der Waals surface area contributed by atoms with Gasteiger partial charge in [0.25, 0.3) is 5.69 Å². The third-order valence-electron chi connectivity index (χ3n) is 2.70. The molecule has 1 N–H and O–H groups in total. The predicted octanol–water partition coefficient (Wildman–Crippen LogP) is 2.39. The summed E-state index contributed by atoms with van der Waals surface area (Å²) >= 11 is 0. The minimum atomic E-state index is -0.971. The lowest BCUT2D eigenvalue weighted by atomic mass is 10.1. The SMILES string of the molecule is C[C@H](CC(=O)O)Oc1ccc([N+](=O)[O-])c2ncccc12. The van der Waals surface area contributed by atoms with E-state index in [4.69, 9.17) is 9.84 Å². The third-order valence-corrected chi connectivity index (χ3v) is 2.70. The highest BCUT2D eigenvalue weighted by atomic mass is 16.6. The number of ether oxygens (including phenoxy) is 1. The molecule has 104 valence electrons. The summed E-state index contributed by atoms with van der Waals surface area (Å²) in [5.74, 6) is -0.589. The number of pyridine rings is 1. The fourth-order valence-electron chi connectivity index (χ4n) is 1.89. The first kappa shape index (κ1) is 13.7. The van der Waals surface area contributed by atoms with E-state index in [1.165, 1.54) is 18.3 Å². The van der Waals surface area contributed by atoms with E-state index in [0.717, 1.165) is 0 Å². The molecular weight excluding hydrogens is 264 g/mol. The molecule has 0 radical (unpaired) electrons. The zero-order chi connectivity index (χ0) is 14.7. The number of nitro benzene ring substituents is 1. The molecule has 0 spiro atoms. The quantitative estimate of drug-likeness (QED) is 0.664. The lowest BCUT2D eigenvalue weighted by Crippen LogP contribution is -2.16. The average Bonchev–Trinajstić information content (AvgIpc) is 2.37. The molecule has 1 aromatic heterocycles. The van der Waals surface area contributed by atoms with Crippen LogP contribution in [-0.4, -0.2) is 27.1 Å². The van der Waals surface area contributed by atoms with Gasteiger partial charge in [0.1, 0.15) is 11.9 Å². The molecule has 0 aliphatic rings. The number of rotatable bonds is 5. The zero-order valence-electron chi connectivity index (χ0n) is 10.6. The van der Waals surface area contributed by atoms with Gasteiger partial charge in [-0.2, -0.15) is 0 Å². The molecule has 1 aromatic carbocycles. The molecule has 20 heavy (non-hydrogen) atoms. The Balaban J connectivity index is 2.43. The lowest BCUT2D eigenvalue weighted by Gasteiger charge is -2.14. The van der Waals surface area contributed by atoms with Crippen LogP contribution in [0.3, 0.4) is 0 Å². The Morgan fingerprint density at radius 2 is 2.25 bits per heavy atom. The summed E-state index contributed by atoms with van der Waals surface area (Å²) < 4.78 is 5.53. The number of carboxylic acid groups (broad SMARTS) is 1. The summed E-state index contributed by atoms with van der Waals surface area (Å²) in [5, 5.41) is 20.1. The molecule has 2 rings (SSSR count). The van der Waals surface area contributed by atoms with Crippen molar-refractivity contribution in [2.45, 2.75) is 19.4 Å². The van der Waals surface area contributed by atoms with E-state index in [-0.39, 0.29) is 17.6 Å². The van der Waals surface area contributed by atoms with Crippen LogP contribution in [0.15, 0.2) is 30.5 Å². The highest BCUT2D eigenvalue weighted by molar-refractivity contribution is 5.92. The molecule has 0 saturated heterocycles. The molecular formula is C13H12N2O5. The molecule has 2 aromatic rings. The van der Waals surface area contributed by atoms with Gasteiger partial charge >= 0.3 is 5.97 Å². The number of nitro groups is 1. The maximum absolute atomic E-state index is 10.9. The van der Waals surface area contributed by atoms with E-state index >= 15 is 0 Å². The van der Waals surface area contributed by atoms with Gasteiger partial charge in [-0.05, 0) is 25.1 Å². The number of fused-ring (bicyclic) bond motifs is 1. The molecule has 0 amide bonds. The van der Waals surface area contributed by atoms with Crippen LogP contribution < -0.4 is 4.74 Å². The van der Waals surface area contributed by atoms with Gasteiger partial charge in [0, 0.05) is 17.6 Å². The Morgan fingerprint density at radius 3 is 2.90 bits per heavy atom. The van der Waals surface area contributed by atoms with Crippen LogP contribution in [0.4, 0.5) is 5.69 Å². The summed E-state index contributed by atoms with van der Waals surface area (Å²) in [6.45, 7) is 1.62. The molecule has 0 unspecified atom stereocenters. The Morgan fingerprint density at radius 1 is 1.50 bits per heavy atom. The zero-order valence-corrected chi connectivity index (χ0v) is 10.6. The molecule has 0 aliphatic carbocycles. The summed E-state index contributed by atoms with van der Waals surface area (Å²) in [5.41, 5.74) is 0.108. The van der Waals surface area contributed by atoms with Crippen molar-refractivity contribution in [3.63, 3.8) is 0 Å². The van der Waals surface area contributed by atoms with E-state index < -0.39 is 17.0 Å². The van der Waals surface area contributed by atoms with Crippen molar-refractivity contribution >= 4 is 22.6 Å². The van der Waals surface area contributed by atoms with Crippen LogP contribution in [0.2, 0.25) is 0 Å². The summed E-state index contributed by atoms with van der Waals surface area (Å²) in [6.07, 6.45) is 0.760. The maximum Gasteiger partial charge on any atom is 0.307 e. The smallest absolute Gasteiger partial charge is 0.307 e. The Bertz CT molecular complexity index is 671. The van der Waals surface area contributed by atoms with Gasteiger partial charge in [-0.3, -0.25) is 14.9 Å².